The summed E-state index contributed by atoms with van der Waals surface area (Å²) in [5, 5.41) is 19.2. The average molecular weight is 381 g/mol. The van der Waals surface area contributed by atoms with E-state index in [0.29, 0.717) is 44.0 Å². The van der Waals surface area contributed by atoms with Crippen molar-refractivity contribution in [2.45, 2.75) is 25.6 Å². The predicted octanol–water partition coefficient (Wildman–Crippen LogP) is 1.51. The second kappa shape index (κ2) is 7.85. The number of fused-ring (bicyclic) bond motifs is 1. The van der Waals surface area contributed by atoms with Gasteiger partial charge in [0.05, 0.1) is 43.2 Å². The maximum Gasteiger partial charge on any atom is 0.226 e. The molecule has 3 aromatic rings. The zero-order chi connectivity index (χ0) is 19.5. The van der Waals surface area contributed by atoms with Crippen molar-refractivity contribution in [1.82, 2.24) is 24.5 Å². The van der Waals surface area contributed by atoms with E-state index in [1.807, 2.05) is 46.0 Å². The van der Waals surface area contributed by atoms with Gasteiger partial charge in [-0.1, -0.05) is 18.2 Å². The van der Waals surface area contributed by atoms with Crippen LogP contribution in [0, 0.1) is 0 Å². The number of hydrogen-bond donors (Lipinski definition) is 1. The summed E-state index contributed by atoms with van der Waals surface area (Å²) in [7, 11) is 1.78. The van der Waals surface area contributed by atoms with Gasteiger partial charge in [0.1, 0.15) is 11.9 Å². The van der Waals surface area contributed by atoms with Crippen LogP contribution in [0.1, 0.15) is 29.6 Å². The van der Waals surface area contributed by atoms with Crippen LogP contribution >= 0.6 is 0 Å². The van der Waals surface area contributed by atoms with E-state index in [-0.39, 0.29) is 5.91 Å². The highest BCUT2D eigenvalue weighted by Crippen LogP contribution is 2.23. The molecule has 0 bridgehead atoms. The van der Waals surface area contributed by atoms with Gasteiger partial charge in [-0.15, -0.1) is 0 Å². The Morgan fingerprint density at radius 1 is 1.25 bits per heavy atom. The minimum absolute atomic E-state index is 0.0529. The lowest BCUT2D eigenvalue weighted by Crippen LogP contribution is -2.38. The van der Waals surface area contributed by atoms with E-state index >= 15 is 0 Å². The van der Waals surface area contributed by atoms with Crippen molar-refractivity contribution in [3.63, 3.8) is 0 Å². The summed E-state index contributed by atoms with van der Waals surface area (Å²) >= 11 is 0. The number of benzene rings is 1. The lowest BCUT2D eigenvalue weighted by molar-refractivity contribution is -0.133. The Kier molecular flexibility index (Phi) is 5.12. The first-order valence-electron chi connectivity index (χ1n) is 9.30. The largest absolute Gasteiger partial charge is 0.493 e. The van der Waals surface area contributed by atoms with Crippen molar-refractivity contribution in [2.24, 2.45) is 7.05 Å². The topological polar surface area (TPSA) is 85.4 Å². The van der Waals surface area contributed by atoms with Crippen LogP contribution < -0.4 is 4.74 Å². The minimum Gasteiger partial charge on any atom is -0.493 e. The molecule has 1 amide bonds. The van der Waals surface area contributed by atoms with Crippen LogP contribution in [-0.4, -0.2) is 48.6 Å². The summed E-state index contributed by atoms with van der Waals surface area (Å²) in [6.07, 6.45) is 1.13. The van der Waals surface area contributed by atoms with Crippen LogP contribution in [0.5, 0.6) is 5.75 Å². The second-order valence-corrected chi connectivity index (χ2v) is 6.79. The first kappa shape index (κ1) is 18.2. The van der Waals surface area contributed by atoms with Gasteiger partial charge >= 0.3 is 0 Å². The summed E-state index contributed by atoms with van der Waals surface area (Å²) in [5.74, 6) is 0.818. The van der Waals surface area contributed by atoms with E-state index < -0.39 is 6.10 Å². The number of aliphatic hydroxyl groups excluding tert-OH is 1. The number of rotatable bonds is 6. The SMILES string of the molecule is Cn1nccc1C(O)c1cc2n(n1)CCN(C(=O)CCOc1ccccc1)C2. The van der Waals surface area contributed by atoms with Crippen LogP contribution in [0.3, 0.4) is 0 Å². The van der Waals surface area contributed by atoms with Crippen LogP contribution in [0.2, 0.25) is 0 Å². The third-order valence-corrected chi connectivity index (χ3v) is 4.92. The molecule has 0 aliphatic carbocycles. The third kappa shape index (κ3) is 3.77. The van der Waals surface area contributed by atoms with Crippen molar-refractivity contribution in [1.29, 1.82) is 0 Å². The summed E-state index contributed by atoms with van der Waals surface area (Å²) in [5.41, 5.74) is 2.17. The quantitative estimate of drug-likeness (QED) is 0.700. The maximum atomic E-state index is 12.5. The molecule has 8 nitrogen and oxygen atoms in total. The van der Waals surface area contributed by atoms with Gasteiger partial charge in [-0.25, -0.2) is 0 Å². The van der Waals surface area contributed by atoms with Gasteiger partial charge in [0.2, 0.25) is 5.91 Å². The van der Waals surface area contributed by atoms with Crippen LogP contribution in [0.25, 0.3) is 0 Å². The van der Waals surface area contributed by atoms with E-state index in [9.17, 15) is 9.90 Å². The van der Waals surface area contributed by atoms with Gasteiger partial charge in [-0.05, 0) is 24.3 Å². The average Bonchev–Trinajstić information content (AvgIpc) is 3.33. The summed E-state index contributed by atoms with van der Waals surface area (Å²) < 4.78 is 9.11. The molecule has 1 aliphatic heterocycles. The Hall–Kier alpha value is -3.13. The van der Waals surface area contributed by atoms with Crippen molar-refractivity contribution in [2.75, 3.05) is 13.2 Å². The molecule has 2 aromatic heterocycles. The van der Waals surface area contributed by atoms with E-state index in [2.05, 4.69) is 10.2 Å². The van der Waals surface area contributed by atoms with Crippen molar-refractivity contribution in [3.8, 4) is 5.75 Å². The van der Waals surface area contributed by atoms with Gasteiger partial charge < -0.3 is 14.7 Å². The number of carbonyl (C=O) groups excluding carboxylic acids is 1. The molecule has 4 rings (SSSR count). The fourth-order valence-electron chi connectivity index (χ4n) is 3.37. The van der Waals surface area contributed by atoms with Gasteiger partial charge in [0, 0.05) is 19.8 Å². The third-order valence-electron chi connectivity index (χ3n) is 4.92. The molecule has 3 heterocycles. The minimum atomic E-state index is -0.839. The number of para-hydroxylation sites is 1. The Morgan fingerprint density at radius 3 is 2.82 bits per heavy atom. The molecule has 0 saturated heterocycles. The Bertz CT molecular complexity index is 950. The number of carbonyl (C=O) groups is 1. The molecule has 1 aromatic carbocycles. The van der Waals surface area contributed by atoms with Crippen molar-refractivity contribution < 1.29 is 14.6 Å². The van der Waals surface area contributed by atoms with E-state index in [4.69, 9.17) is 4.74 Å². The predicted molar refractivity (Wildman–Crippen MR) is 101 cm³/mol. The Morgan fingerprint density at radius 2 is 2.07 bits per heavy atom. The molecule has 0 spiro atoms. The molecule has 1 unspecified atom stereocenters. The standard InChI is InChI=1S/C20H23N5O3/c1-23-18(7-9-21-23)20(27)17-13-15-14-24(10-11-25(15)22-17)19(26)8-12-28-16-5-3-2-4-6-16/h2-7,9,13,20,27H,8,10-12,14H2,1H3. The first-order valence-corrected chi connectivity index (χ1v) is 9.30. The van der Waals surface area contributed by atoms with Crippen molar-refractivity contribution in [3.05, 3.63) is 65.7 Å². The molecule has 1 aliphatic rings. The van der Waals surface area contributed by atoms with Gasteiger partial charge in [-0.2, -0.15) is 10.2 Å². The highest BCUT2D eigenvalue weighted by atomic mass is 16.5. The van der Waals surface area contributed by atoms with E-state index in [0.717, 1.165) is 11.4 Å². The normalized spacial score (nSPS) is 14.6. The fraction of sp³-hybridized carbons (Fsp3) is 0.350. The number of aliphatic hydroxyl groups is 1. The maximum absolute atomic E-state index is 12.5. The van der Waals surface area contributed by atoms with E-state index in [1.54, 1.807) is 24.0 Å². The number of aromatic nitrogens is 4. The summed E-state index contributed by atoms with van der Waals surface area (Å²) in [6, 6.07) is 13.1. The number of hydrogen-bond acceptors (Lipinski definition) is 5. The molecule has 1 N–H and O–H groups in total. The fourth-order valence-corrected chi connectivity index (χ4v) is 3.37. The molecule has 146 valence electrons. The molecule has 1 atom stereocenters. The zero-order valence-electron chi connectivity index (χ0n) is 15.7. The van der Waals surface area contributed by atoms with E-state index in [1.165, 1.54) is 0 Å². The number of nitrogens with zero attached hydrogens (tertiary/aromatic N) is 5. The Labute approximate surface area is 163 Å². The zero-order valence-corrected chi connectivity index (χ0v) is 15.7. The highest BCUT2D eigenvalue weighted by Gasteiger charge is 2.25. The number of aryl methyl sites for hydroxylation is 1. The smallest absolute Gasteiger partial charge is 0.226 e. The highest BCUT2D eigenvalue weighted by molar-refractivity contribution is 5.76. The van der Waals surface area contributed by atoms with Crippen LogP contribution in [-0.2, 0) is 24.9 Å². The summed E-state index contributed by atoms with van der Waals surface area (Å²) in [6.45, 7) is 2.04. The van der Waals surface area contributed by atoms with Crippen molar-refractivity contribution >= 4 is 5.91 Å². The molecule has 28 heavy (non-hydrogen) atoms. The van der Waals surface area contributed by atoms with Gasteiger partial charge in [0.15, 0.2) is 0 Å². The summed E-state index contributed by atoms with van der Waals surface area (Å²) in [4.78, 5) is 14.3. The van der Waals surface area contributed by atoms with Gasteiger partial charge in [0.25, 0.3) is 0 Å². The molecular weight excluding hydrogens is 358 g/mol. The molecule has 8 heteroatoms. The van der Waals surface area contributed by atoms with Gasteiger partial charge in [-0.3, -0.25) is 14.2 Å². The number of ether oxygens (including phenoxy) is 1. The lowest BCUT2D eigenvalue weighted by Gasteiger charge is -2.27. The van der Waals surface area contributed by atoms with Crippen LogP contribution in [0.15, 0.2) is 48.7 Å². The molecule has 0 saturated carbocycles. The lowest BCUT2D eigenvalue weighted by atomic mass is 10.1. The Balaban J connectivity index is 1.36. The number of amides is 1. The molecule has 0 fully saturated rings. The molecule has 0 radical (unpaired) electrons. The van der Waals surface area contributed by atoms with Crippen LogP contribution in [0.4, 0.5) is 0 Å². The monoisotopic (exact) mass is 381 g/mol. The second-order valence-electron chi connectivity index (χ2n) is 6.79. The molecular formula is C20H23N5O3. The first-order chi connectivity index (χ1) is 13.6.